The van der Waals surface area contributed by atoms with Gasteiger partial charge in [-0.25, -0.2) is 4.98 Å². The van der Waals surface area contributed by atoms with Crippen LogP contribution in [0, 0.1) is 0 Å². The van der Waals surface area contributed by atoms with Crippen LogP contribution in [0.1, 0.15) is 30.8 Å². The van der Waals surface area contributed by atoms with Crippen molar-refractivity contribution >= 4 is 28.8 Å². The van der Waals surface area contributed by atoms with Crippen LogP contribution in [0.5, 0.6) is 0 Å². The largest absolute Gasteiger partial charge is 0.454 e. The van der Waals surface area contributed by atoms with E-state index in [1.165, 1.54) is 11.3 Å². The van der Waals surface area contributed by atoms with E-state index in [2.05, 4.69) is 16.7 Å². The number of fused-ring (bicyclic) bond motifs is 1. The van der Waals surface area contributed by atoms with Gasteiger partial charge in [0, 0.05) is 30.0 Å². The van der Waals surface area contributed by atoms with Gasteiger partial charge in [-0.1, -0.05) is 6.07 Å². The van der Waals surface area contributed by atoms with Gasteiger partial charge in [0.15, 0.2) is 5.01 Å². The molecule has 7 nitrogen and oxygen atoms in total. The molecule has 0 bridgehead atoms. The highest BCUT2D eigenvalue weighted by Crippen LogP contribution is 2.37. The number of benzene rings is 1. The fraction of sp³-hybridized carbons (Fsp3) is 0.278. The maximum Gasteiger partial charge on any atom is 0.285 e. The molecule has 4 N–H and O–H groups in total. The number of aromatic nitrogens is 1. The van der Waals surface area contributed by atoms with Crippen LogP contribution < -0.4 is 16.4 Å². The lowest BCUT2D eigenvalue weighted by molar-refractivity contribution is -0.120. The molecule has 1 aromatic heterocycles. The summed E-state index contributed by atoms with van der Waals surface area (Å²) in [5, 5.41) is 8.69. The lowest BCUT2D eigenvalue weighted by Crippen LogP contribution is -2.35. The molecule has 2 aromatic rings. The van der Waals surface area contributed by atoms with Gasteiger partial charge in [0.25, 0.3) is 5.91 Å². The van der Waals surface area contributed by atoms with Crippen molar-refractivity contribution in [1.29, 1.82) is 0 Å². The van der Waals surface area contributed by atoms with Crippen LogP contribution in [0.25, 0.3) is 11.3 Å². The topological polar surface area (TPSA) is 106 Å². The fourth-order valence-electron chi connectivity index (χ4n) is 3.22. The van der Waals surface area contributed by atoms with Crippen LogP contribution in [-0.2, 0) is 26.5 Å². The van der Waals surface area contributed by atoms with Gasteiger partial charge in [-0.2, -0.15) is 0 Å². The van der Waals surface area contributed by atoms with Crippen LogP contribution in [0.3, 0.4) is 0 Å². The van der Waals surface area contributed by atoms with Crippen molar-refractivity contribution in [2.24, 2.45) is 5.73 Å². The molecule has 0 spiro atoms. The third-order valence-electron chi connectivity index (χ3n) is 4.51. The average Bonchev–Trinajstić information content (AvgIpc) is 3.20. The number of nitrogens with zero attached hydrogens (tertiary/aromatic N) is 1. The standard InChI is InChI=1S/C18H18N4O3S/c1-9-15(16(19)24)25-18(2,22-9)17-21-13(8-26-17)11-3-5-12-10(7-11)4-6-14(23)20-12/h3,5,7-8,22H,4,6H2,1-2H3,(H2,19,24)(H,20,23). The van der Waals surface area contributed by atoms with Crippen molar-refractivity contribution in [3.8, 4) is 11.3 Å². The molecule has 2 aliphatic heterocycles. The Bertz CT molecular complexity index is 965. The molecule has 2 amide bonds. The number of aryl methyl sites for hydroxylation is 1. The predicted molar refractivity (Wildman–Crippen MR) is 98.0 cm³/mol. The van der Waals surface area contributed by atoms with Crippen LogP contribution in [0.4, 0.5) is 5.69 Å². The number of rotatable bonds is 3. The number of amides is 2. The summed E-state index contributed by atoms with van der Waals surface area (Å²) < 4.78 is 5.75. The van der Waals surface area contributed by atoms with Crippen molar-refractivity contribution < 1.29 is 14.3 Å². The average molecular weight is 370 g/mol. The maximum atomic E-state index is 11.5. The van der Waals surface area contributed by atoms with Gasteiger partial charge in [-0.05, 0) is 31.0 Å². The Morgan fingerprint density at radius 1 is 1.38 bits per heavy atom. The summed E-state index contributed by atoms with van der Waals surface area (Å²) in [5.41, 5.74) is 8.79. The summed E-state index contributed by atoms with van der Waals surface area (Å²) in [6.07, 6.45) is 1.22. The zero-order valence-corrected chi connectivity index (χ0v) is 15.2. The SMILES string of the molecule is CC1=C(C(N)=O)OC(C)(c2nc(-c3ccc4c(c3)CCC(=O)N4)cs2)N1. The normalized spacial score (nSPS) is 21.7. The number of allylic oxidation sites excluding steroid dienone is 1. The molecule has 0 radical (unpaired) electrons. The number of nitrogens with two attached hydrogens (primary N) is 1. The molecule has 8 heteroatoms. The summed E-state index contributed by atoms with van der Waals surface area (Å²) in [5.74, 6) is -0.423. The van der Waals surface area contributed by atoms with E-state index < -0.39 is 11.6 Å². The third kappa shape index (κ3) is 2.72. The molecule has 0 fully saturated rings. The van der Waals surface area contributed by atoms with Gasteiger partial charge < -0.3 is 21.1 Å². The number of ether oxygens (including phenoxy) is 1. The second-order valence-electron chi connectivity index (χ2n) is 6.54. The molecule has 1 atom stereocenters. The summed E-state index contributed by atoms with van der Waals surface area (Å²) >= 11 is 1.45. The van der Waals surface area contributed by atoms with Gasteiger partial charge in [-0.15, -0.1) is 11.3 Å². The highest BCUT2D eigenvalue weighted by atomic mass is 32.1. The molecule has 4 rings (SSSR count). The molecular weight excluding hydrogens is 352 g/mol. The third-order valence-corrected chi connectivity index (χ3v) is 5.55. The van der Waals surface area contributed by atoms with Gasteiger partial charge in [0.2, 0.25) is 17.4 Å². The number of nitrogens with one attached hydrogen (secondary N) is 2. The Balaban J connectivity index is 1.61. The number of primary amides is 1. The number of carbonyl (C=O) groups excluding carboxylic acids is 2. The van der Waals surface area contributed by atoms with E-state index in [0.717, 1.165) is 28.9 Å². The Hall–Kier alpha value is -2.87. The quantitative estimate of drug-likeness (QED) is 0.768. The second kappa shape index (κ2) is 5.84. The zero-order valence-electron chi connectivity index (χ0n) is 14.4. The summed E-state index contributed by atoms with van der Waals surface area (Å²) in [6, 6.07) is 5.90. The van der Waals surface area contributed by atoms with Gasteiger partial charge >= 0.3 is 0 Å². The number of hydrogen-bond acceptors (Lipinski definition) is 6. The summed E-state index contributed by atoms with van der Waals surface area (Å²) in [7, 11) is 0. The molecule has 0 aliphatic carbocycles. The van der Waals surface area contributed by atoms with E-state index in [4.69, 9.17) is 15.5 Å². The lowest BCUT2D eigenvalue weighted by Gasteiger charge is -2.23. The highest BCUT2D eigenvalue weighted by molar-refractivity contribution is 7.10. The summed E-state index contributed by atoms with van der Waals surface area (Å²) in [4.78, 5) is 27.6. The number of hydrogen-bond donors (Lipinski definition) is 3. The minimum Gasteiger partial charge on any atom is -0.454 e. The molecule has 26 heavy (non-hydrogen) atoms. The van der Waals surface area contributed by atoms with E-state index in [1.54, 1.807) is 6.92 Å². The lowest BCUT2D eigenvalue weighted by atomic mass is 9.99. The monoisotopic (exact) mass is 370 g/mol. The first-order chi connectivity index (χ1) is 12.4. The number of anilines is 1. The second-order valence-corrected chi connectivity index (χ2v) is 7.39. The van der Waals surface area contributed by atoms with Crippen molar-refractivity contribution in [3.63, 3.8) is 0 Å². The Labute approximate surface area is 154 Å². The maximum absolute atomic E-state index is 11.5. The van der Waals surface area contributed by atoms with E-state index in [9.17, 15) is 9.59 Å². The highest BCUT2D eigenvalue weighted by Gasteiger charge is 2.40. The number of thiazole rings is 1. The van der Waals surface area contributed by atoms with Crippen LogP contribution in [-0.4, -0.2) is 16.8 Å². The van der Waals surface area contributed by atoms with E-state index >= 15 is 0 Å². The molecule has 0 saturated carbocycles. The fourth-order valence-corrected chi connectivity index (χ4v) is 4.10. The van der Waals surface area contributed by atoms with Crippen LogP contribution in [0.2, 0.25) is 0 Å². The van der Waals surface area contributed by atoms with E-state index in [1.807, 2.05) is 24.4 Å². The van der Waals surface area contributed by atoms with Crippen molar-refractivity contribution in [3.05, 3.63) is 45.6 Å². The van der Waals surface area contributed by atoms with Crippen molar-refractivity contribution in [1.82, 2.24) is 10.3 Å². The molecule has 1 unspecified atom stereocenters. The van der Waals surface area contributed by atoms with E-state index in [-0.39, 0.29) is 11.7 Å². The molecule has 1 aromatic carbocycles. The van der Waals surface area contributed by atoms with Gasteiger partial charge in [0.1, 0.15) is 0 Å². The molecular formula is C18H18N4O3S. The Morgan fingerprint density at radius 2 is 2.19 bits per heavy atom. The first-order valence-corrected chi connectivity index (χ1v) is 9.11. The minimum absolute atomic E-state index is 0.0479. The Morgan fingerprint density at radius 3 is 2.92 bits per heavy atom. The molecule has 0 saturated heterocycles. The van der Waals surface area contributed by atoms with Gasteiger partial charge in [0.05, 0.1) is 11.4 Å². The molecule has 2 aliphatic rings. The van der Waals surface area contributed by atoms with E-state index in [0.29, 0.717) is 17.1 Å². The van der Waals surface area contributed by atoms with Crippen molar-refractivity contribution in [2.75, 3.05) is 5.32 Å². The first kappa shape index (κ1) is 16.6. The predicted octanol–water partition coefficient (Wildman–Crippen LogP) is 2.20. The minimum atomic E-state index is -0.917. The van der Waals surface area contributed by atoms with Crippen molar-refractivity contribution in [2.45, 2.75) is 32.4 Å². The first-order valence-electron chi connectivity index (χ1n) is 8.23. The molecule has 3 heterocycles. The molecule has 134 valence electrons. The number of carbonyl (C=O) groups is 2. The van der Waals surface area contributed by atoms with Crippen LogP contribution in [0.15, 0.2) is 35.0 Å². The Kier molecular flexibility index (Phi) is 3.73. The zero-order chi connectivity index (χ0) is 18.5. The van der Waals surface area contributed by atoms with Gasteiger partial charge in [-0.3, -0.25) is 9.59 Å². The van der Waals surface area contributed by atoms with Crippen LogP contribution >= 0.6 is 11.3 Å². The smallest absolute Gasteiger partial charge is 0.285 e. The summed E-state index contributed by atoms with van der Waals surface area (Å²) in [6.45, 7) is 3.56.